The van der Waals surface area contributed by atoms with Gasteiger partial charge in [-0.15, -0.1) is 10.2 Å². The van der Waals surface area contributed by atoms with Gasteiger partial charge in [-0.3, -0.25) is 14.4 Å². The first kappa shape index (κ1) is 15.1. The number of nitrogens with one attached hydrogen (secondary N) is 1. The number of imide groups is 1. The molecule has 27 heavy (non-hydrogen) atoms. The summed E-state index contributed by atoms with van der Waals surface area (Å²) in [7, 11) is 0. The lowest BCUT2D eigenvalue weighted by atomic mass is 10.1. The molecule has 9 nitrogen and oxygen atoms in total. The number of carbonyl (C=O) groups excluding carboxylic acids is 2. The minimum atomic E-state index is -0.476. The van der Waals surface area contributed by atoms with E-state index in [9.17, 15) is 14.4 Å². The third kappa shape index (κ3) is 2.11. The van der Waals surface area contributed by atoms with Gasteiger partial charge < -0.3 is 4.42 Å². The van der Waals surface area contributed by atoms with Crippen LogP contribution in [0.5, 0.6) is 0 Å². The molecule has 9 heteroatoms. The molecule has 0 unspecified atom stereocenters. The van der Waals surface area contributed by atoms with Gasteiger partial charge in [0.15, 0.2) is 16.8 Å². The quantitative estimate of drug-likeness (QED) is 0.541. The zero-order chi connectivity index (χ0) is 18.5. The molecule has 0 bridgehead atoms. The Kier molecular flexibility index (Phi) is 3.04. The van der Waals surface area contributed by atoms with Crippen molar-refractivity contribution in [3.8, 4) is 11.6 Å². The van der Waals surface area contributed by atoms with Crippen LogP contribution in [0, 0.1) is 0 Å². The van der Waals surface area contributed by atoms with E-state index in [0.29, 0.717) is 11.1 Å². The lowest BCUT2D eigenvalue weighted by Gasteiger charge is -2.15. The lowest BCUT2D eigenvalue weighted by Crippen LogP contribution is -2.29. The fraction of sp³-hybridized carbons (Fsp3) is 0. The summed E-state index contributed by atoms with van der Waals surface area (Å²) in [6, 6.07) is 12.5. The highest BCUT2D eigenvalue weighted by Gasteiger charge is 2.37. The van der Waals surface area contributed by atoms with Crippen LogP contribution in [0.3, 0.4) is 0 Å². The summed E-state index contributed by atoms with van der Waals surface area (Å²) < 4.78 is 5.79. The molecular formula is C18H9N5O4. The van der Waals surface area contributed by atoms with Crippen molar-refractivity contribution in [3.05, 3.63) is 69.9 Å². The zero-order valence-corrected chi connectivity index (χ0v) is 13.5. The highest BCUT2D eigenvalue weighted by molar-refractivity contribution is 6.35. The SMILES string of the molecule is O=C1c2ccccc2C(=O)N1c1cccc2c(=O)cc(-c3nn[nH]n3)oc12. The Labute approximate surface area is 150 Å². The third-order valence-electron chi connectivity index (χ3n) is 4.33. The molecule has 0 radical (unpaired) electrons. The molecule has 4 aromatic rings. The molecule has 0 saturated heterocycles. The number of hydrogen-bond donors (Lipinski definition) is 1. The second-order valence-corrected chi connectivity index (χ2v) is 5.86. The molecule has 0 atom stereocenters. The van der Waals surface area contributed by atoms with E-state index in [1.807, 2.05) is 0 Å². The number of benzene rings is 2. The molecule has 1 N–H and O–H groups in total. The topological polar surface area (TPSA) is 122 Å². The Morgan fingerprint density at radius 3 is 2.33 bits per heavy atom. The first-order valence-electron chi connectivity index (χ1n) is 7.93. The van der Waals surface area contributed by atoms with Crippen molar-refractivity contribution in [1.82, 2.24) is 20.6 Å². The van der Waals surface area contributed by atoms with Gasteiger partial charge in [0, 0.05) is 6.07 Å². The molecule has 0 aliphatic carbocycles. The van der Waals surface area contributed by atoms with Gasteiger partial charge in [0.25, 0.3) is 11.8 Å². The van der Waals surface area contributed by atoms with Crippen molar-refractivity contribution in [2.75, 3.05) is 4.90 Å². The van der Waals surface area contributed by atoms with Crippen molar-refractivity contribution >= 4 is 28.5 Å². The number of H-pyrrole nitrogens is 1. The van der Waals surface area contributed by atoms with E-state index < -0.39 is 11.8 Å². The number of rotatable bonds is 2. The summed E-state index contributed by atoms with van der Waals surface area (Å²) in [5, 5.41) is 13.5. The van der Waals surface area contributed by atoms with Crippen molar-refractivity contribution in [1.29, 1.82) is 0 Å². The first-order valence-corrected chi connectivity index (χ1v) is 7.93. The van der Waals surface area contributed by atoms with Gasteiger partial charge in [0.05, 0.1) is 22.2 Å². The standard InChI is InChI=1S/C18H9N5O4/c24-13-8-14(16-19-21-22-20-16)27-15-11(13)6-3-7-12(15)23-17(25)9-4-1-2-5-10(9)18(23)26/h1-8H,(H,19,20,21,22). The van der Waals surface area contributed by atoms with Crippen LogP contribution in [0.15, 0.2) is 57.7 Å². The number of nitrogens with zero attached hydrogens (tertiary/aromatic N) is 4. The molecule has 0 fully saturated rings. The van der Waals surface area contributed by atoms with Crippen LogP contribution < -0.4 is 10.3 Å². The predicted molar refractivity (Wildman–Crippen MR) is 93.2 cm³/mol. The van der Waals surface area contributed by atoms with E-state index in [0.717, 1.165) is 4.90 Å². The number of amides is 2. The van der Waals surface area contributed by atoms with Gasteiger partial charge in [-0.2, -0.15) is 5.21 Å². The number of anilines is 1. The minimum Gasteiger partial charge on any atom is -0.450 e. The molecule has 1 aliphatic heterocycles. The Balaban J connectivity index is 1.76. The fourth-order valence-corrected chi connectivity index (χ4v) is 3.12. The van der Waals surface area contributed by atoms with Crippen LogP contribution in [0.2, 0.25) is 0 Å². The number of hydrogen-bond acceptors (Lipinski definition) is 7. The normalized spacial score (nSPS) is 13.4. The van der Waals surface area contributed by atoms with E-state index in [4.69, 9.17) is 4.42 Å². The van der Waals surface area contributed by atoms with Gasteiger partial charge in [-0.1, -0.05) is 18.2 Å². The average Bonchev–Trinajstić information content (AvgIpc) is 3.30. The van der Waals surface area contributed by atoms with Gasteiger partial charge in [0.2, 0.25) is 5.82 Å². The summed E-state index contributed by atoms with van der Waals surface area (Å²) >= 11 is 0. The van der Waals surface area contributed by atoms with Crippen LogP contribution >= 0.6 is 0 Å². The monoisotopic (exact) mass is 359 g/mol. The van der Waals surface area contributed by atoms with Gasteiger partial charge >= 0.3 is 0 Å². The largest absolute Gasteiger partial charge is 0.450 e. The van der Waals surface area contributed by atoms with Crippen LogP contribution in [0.4, 0.5) is 5.69 Å². The molecule has 2 amide bonds. The highest BCUT2D eigenvalue weighted by atomic mass is 16.3. The Hall–Kier alpha value is -4.14. The second-order valence-electron chi connectivity index (χ2n) is 5.86. The number of tetrazole rings is 1. The molecular weight excluding hydrogens is 350 g/mol. The van der Waals surface area contributed by atoms with E-state index >= 15 is 0 Å². The van der Waals surface area contributed by atoms with Crippen LogP contribution in [0.1, 0.15) is 20.7 Å². The predicted octanol–water partition coefficient (Wildman–Crippen LogP) is 1.77. The molecule has 5 rings (SSSR count). The maximum Gasteiger partial charge on any atom is 0.266 e. The van der Waals surface area contributed by atoms with Crippen molar-refractivity contribution < 1.29 is 14.0 Å². The second kappa shape index (κ2) is 5.43. The zero-order valence-electron chi connectivity index (χ0n) is 13.5. The highest BCUT2D eigenvalue weighted by Crippen LogP contribution is 2.33. The maximum atomic E-state index is 12.8. The van der Waals surface area contributed by atoms with Crippen molar-refractivity contribution in [3.63, 3.8) is 0 Å². The summed E-state index contributed by atoms with van der Waals surface area (Å²) in [5.41, 5.74) is 0.530. The first-order chi connectivity index (χ1) is 13.1. The van der Waals surface area contributed by atoms with Crippen LogP contribution in [-0.4, -0.2) is 32.4 Å². The fourth-order valence-electron chi connectivity index (χ4n) is 3.12. The number of para-hydroxylation sites is 1. The Morgan fingerprint density at radius 1 is 0.926 bits per heavy atom. The van der Waals surface area contributed by atoms with Gasteiger partial charge in [-0.05, 0) is 29.5 Å². The number of carbonyl (C=O) groups is 2. The third-order valence-corrected chi connectivity index (χ3v) is 4.33. The number of fused-ring (bicyclic) bond motifs is 2. The van der Waals surface area contributed by atoms with Crippen LogP contribution in [-0.2, 0) is 0 Å². The summed E-state index contributed by atoms with van der Waals surface area (Å²) in [4.78, 5) is 39.1. The molecule has 3 heterocycles. The smallest absolute Gasteiger partial charge is 0.266 e. The van der Waals surface area contributed by atoms with Gasteiger partial charge in [-0.25, -0.2) is 4.90 Å². The molecule has 0 spiro atoms. The summed E-state index contributed by atoms with van der Waals surface area (Å²) in [6.07, 6.45) is 0. The van der Waals surface area contributed by atoms with Crippen LogP contribution in [0.25, 0.3) is 22.6 Å². The minimum absolute atomic E-state index is 0.0744. The van der Waals surface area contributed by atoms with E-state index in [1.54, 1.807) is 42.5 Å². The summed E-state index contributed by atoms with van der Waals surface area (Å²) in [6.45, 7) is 0. The Bertz CT molecular complexity index is 1260. The molecule has 0 saturated carbocycles. The number of aromatic nitrogens is 4. The number of aromatic amines is 1. The molecule has 130 valence electrons. The molecule has 2 aromatic carbocycles. The van der Waals surface area contributed by atoms with E-state index in [2.05, 4.69) is 20.6 Å². The van der Waals surface area contributed by atoms with Gasteiger partial charge in [0.1, 0.15) is 0 Å². The van der Waals surface area contributed by atoms with Crippen molar-refractivity contribution in [2.24, 2.45) is 0 Å². The summed E-state index contributed by atoms with van der Waals surface area (Å²) in [5.74, 6) is -0.789. The molecule has 1 aliphatic rings. The lowest BCUT2D eigenvalue weighted by molar-refractivity contribution is 0.0926. The van der Waals surface area contributed by atoms with E-state index in [1.165, 1.54) is 6.07 Å². The van der Waals surface area contributed by atoms with E-state index in [-0.39, 0.29) is 33.7 Å². The Morgan fingerprint density at radius 2 is 1.67 bits per heavy atom. The molecule has 2 aromatic heterocycles. The van der Waals surface area contributed by atoms with Crippen molar-refractivity contribution in [2.45, 2.75) is 0 Å². The maximum absolute atomic E-state index is 12.8. The average molecular weight is 359 g/mol.